The molecule has 2 aliphatic rings. The van der Waals surface area contributed by atoms with Crippen LogP contribution in [0.3, 0.4) is 0 Å². The maximum absolute atomic E-state index is 12.6. The van der Waals surface area contributed by atoms with Crippen LogP contribution in [0.5, 0.6) is 0 Å². The molecule has 1 fully saturated rings. The summed E-state index contributed by atoms with van der Waals surface area (Å²) in [5.41, 5.74) is 6.92. The van der Waals surface area contributed by atoms with Crippen molar-refractivity contribution >= 4 is 17.7 Å². The van der Waals surface area contributed by atoms with Gasteiger partial charge in [0.15, 0.2) is 0 Å². The first-order valence-electron chi connectivity index (χ1n) is 7.00. The summed E-state index contributed by atoms with van der Waals surface area (Å²) >= 11 is 1.81. The third-order valence-corrected chi connectivity index (χ3v) is 5.44. The van der Waals surface area contributed by atoms with Crippen molar-refractivity contribution in [1.82, 2.24) is 4.90 Å². The van der Waals surface area contributed by atoms with Crippen molar-refractivity contribution in [1.29, 1.82) is 0 Å². The first-order valence-corrected chi connectivity index (χ1v) is 7.98. The average molecular weight is 276 g/mol. The van der Waals surface area contributed by atoms with E-state index >= 15 is 0 Å². The van der Waals surface area contributed by atoms with Gasteiger partial charge in [0.05, 0.1) is 5.92 Å². The van der Waals surface area contributed by atoms with Gasteiger partial charge in [0.1, 0.15) is 0 Å². The van der Waals surface area contributed by atoms with Crippen molar-refractivity contribution in [2.45, 2.75) is 23.7 Å². The zero-order valence-electron chi connectivity index (χ0n) is 11.0. The minimum atomic E-state index is 0.0654. The summed E-state index contributed by atoms with van der Waals surface area (Å²) in [7, 11) is 0. The van der Waals surface area contributed by atoms with Gasteiger partial charge in [-0.1, -0.05) is 18.2 Å². The molecule has 3 nitrogen and oxygen atoms in total. The molecule has 19 heavy (non-hydrogen) atoms. The Morgan fingerprint density at radius 1 is 1.32 bits per heavy atom. The summed E-state index contributed by atoms with van der Waals surface area (Å²) in [6, 6.07) is 8.30. The third-order valence-electron chi connectivity index (χ3n) is 4.26. The number of carbonyl (C=O) groups is 1. The van der Waals surface area contributed by atoms with Gasteiger partial charge in [-0.25, -0.2) is 0 Å². The third kappa shape index (κ3) is 2.51. The van der Waals surface area contributed by atoms with Crippen molar-refractivity contribution in [2.24, 2.45) is 11.7 Å². The van der Waals surface area contributed by atoms with E-state index in [9.17, 15) is 4.79 Å². The number of fused-ring (bicyclic) bond motifs is 1. The molecule has 2 N–H and O–H groups in total. The van der Waals surface area contributed by atoms with Gasteiger partial charge < -0.3 is 10.6 Å². The molecule has 0 saturated carbocycles. The number of hydrogen-bond donors (Lipinski definition) is 1. The Labute approximate surface area is 118 Å². The number of nitrogens with zero attached hydrogens (tertiary/aromatic N) is 1. The number of amides is 1. The summed E-state index contributed by atoms with van der Waals surface area (Å²) in [6.45, 7) is 2.51. The zero-order chi connectivity index (χ0) is 13.2. The predicted octanol–water partition coefficient (Wildman–Crippen LogP) is 2.07. The summed E-state index contributed by atoms with van der Waals surface area (Å²) < 4.78 is 0. The lowest BCUT2D eigenvalue weighted by atomic mass is 9.94. The standard InChI is InChI=1S/C15H20N2OS/c16-9-11-5-7-17(8-6-11)15(18)13-10-19-14-4-2-1-3-12(13)14/h1-4,11,13H,5-10,16H2. The summed E-state index contributed by atoms with van der Waals surface area (Å²) in [5, 5.41) is 0. The number of piperidine rings is 1. The zero-order valence-corrected chi connectivity index (χ0v) is 11.9. The van der Waals surface area contributed by atoms with E-state index in [0.717, 1.165) is 38.2 Å². The van der Waals surface area contributed by atoms with Gasteiger partial charge in [0.25, 0.3) is 0 Å². The molecule has 102 valence electrons. The van der Waals surface area contributed by atoms with E-state index in [1.165, 1.54) is 10.5 Å². The van der Waals surface area contributed by atoms with Crippen molar-refractivity contribution < 1.29 is 4.79 Å². The molecule has 1 amide bonds. The highest BCUT2D eigenvalue weighted by molar-refractivity contribution is 7.99. The smallest absolute Gasteiger partial charge is 0.231 e. The molecule has 1 atom stereocenters. The fourth-order valence-electron chi connectivity index (χ4n) is 2.98. The van der Waals surface area contributed by atoms with E-state index in [4.69, 9.17) is 5.73 Å². The van der Waals surface area contributed by atoms with Crippen LogP contribution in [0.15, 0.2) is 29.2 Å². The van der Waals surface area contributed by atoms with Crippen LogP contribution in [-0.2, 0) is 4.79 Å². The molecule has 3 rings (SSSR count). The van der Waals surface area contributed by atoms with Crippen LogP contribution in [-0.4, -0.2) is 36.2 Å². The number of hydrogen-bond acceptors (Lipinski definition) is 3. The van der Waals surface area contributed by atoms with Gasteiger partial charge in [0.2, 0.25) is 5.91 Å². The van der Waals surface area contributed by atoms with Gasteiger partial charge in [-0.3, -0.25) is 4.79 Å². The molecule has 1 aromatic carbocycles. The topological polar surface area (TPSA) is 46.3 Å². The maximum atomic E-state index is 12.6. The normalized spacial score (nSPS) is 23.4. The van der Waals surface area contributed by atoms with Crippen molar-refractivity contribution in [3.8, 4) is 0 Å². The van der Waals surface area contributed by atoms with Crippen LogP contribution < -0.4 is 5.73 Å². The summed E-state index contributed by atoms with van der Waals surface area (Å²) in [6.07, 6.45) is 2.12. The number of likely N-dealkylation sites (tertiary alicyclic amines) is 1. The average Bonchev–Trinajstić information content (AvgIpc) is 2.90. The Hall–Kier alpha value is -1.00. The lowest BCUT2D eigenvalue weighted by molar-refractivity contribution is -0.133. The largest absolute Gasteiger partial charge is 0.342 e. The van der Waals surface area contributed by atoms with Crippen LogP contribution in [0, 0.1) is 5.92 Å². The van der Waals surface area contributed by atoms with Crippen LogP contribution in [0.25, 0.3) is 0 Å². The number of nitrogens with two attached hydrogens (primary N) is 1. The lowest BCUT2D eigenvalue weighted by Gasteiger charge is -2.33. The van der Waals surface area contributed by atoms with Crippen LogP contribution in [0.4, 0.5) is 0 Å². The van der Waals surface area contributed by atoms with Gasteiger partial charge in [-0.15, -0.1) is 11.8 Å². The van der Waals surface area contributed by atoms with Gasteiger partial charge >= 0.3 is 0 Å². The summed E-state index contributed by atoms with van der Waals surface area (Å²) in [4.78, 5) is 16.0. The van der Waals surface area contributed by atoms with E-state index < -0.39 is 0 Å². The first kappa shape index (κ1) is 13.0. The second kappa shape index (κ2) is 5.55. The molecule has 2 heterocycles. The van der Waals surface area contributed by atoms with Gasteiger partial charge in [-0.05, 0) is 36.9 Å². The quantitative estimate of drug-likeness (QED) is 0.899. The van der Waals surface area contributed by atoms with Crippen molar-refractivity contribution in [3.05, 3.63) is 29.8 Å². The minimum absolute atomic E-state index is 0.0654. The Bertz CT molecular complexity index is 469. The molecule has 0 spiro atoms. The molecular formula is C15H20N2OS. The van der Waals surface area contributed by atoms with E-state index in [1.54, 1.807) is 11.8 Å². The molecule has 0 aliphatic carbocycles. The van der Waals surface area contributed by atoms with Gasteiger partial charge in [0, 0.05) is 23.7 Å². The Balaban J connectivity index is 1.69. The SMILES string of the molecule is NCC1CCN(C(=O)C2CSc3ccccc32)CC1. The predicted molar refractivity (Wildman–Crippen MR) is 78.3 cm³/mol. The molecule has 0 aromatic heterocycles. The van der Waals surface area contributed by atoms with Crippen molar-refractivity contribution in [3.63, 3.8) is 0 Å². The highest BCUT2D eigenvalue weighted by Gasteiger charge is 2.33. The summed E-state index contributed by atoms with van der Waals surface area (Å²) in [5.74, 6) is 1.88. The van der Waals surface area contributed by atoms with Crippen molar-refractivity contribution in [2.75, 3.05) is 25.4 Å². The van der Waals surface area contributed by atoms with Crippen LogP contribution in [0.2, 0.25) is 0 Å². The molecular weight excluding hydrogens is 256 g/mol. The maximum Gasteiger partial charge on any atom is 0.231 e. The number of thioether (sulfide) groups is 1. The first-order chi connectivity index (χ1) is 9.29. The second-order valence-electron chi connectivity index (χ2n) is 5.41. The molecule has 1 unspecified atom stereocenters. The Morgan fingerprint density at radius 2 is 2.05 bits per heavy atom. The van der Waals surface area contributed by atoms with E-state index in [2.05, 4.69) is 12.1 Å². The van der Waals surface area contributed by atoms with E-state index in [1.807, 2.05) is 17.0 Å². The fourth-order valence-corrected chi connectivity index (χ4v) is 4.20. The lowest BCUT2D eigenvalue weighted by Crippen LogP contribution is -2.42. The second-order valence-corrected chi connectivity index (χ2v) is 6.47. The fraction of sp³-hybridized carbons (Fsp3) is 0.533. The highest BCUT2D eigenvalue weighted by Crippen LogP contribution is 2.40. The Kier molecular flexibility index (Phi) is 3.80. The van der Waals surface area contributed by atoms with E-state index in [0.29, 0.717) is 11.8 Å². The number of benzene rings is 1. The van der Waals surface area contributed by atoms with Crippen LogP contribution in [0.1, 0.15) is 24.3 Å². The Morgan fingerprint density at radius 3 is 2.79 bits per heavy atom. The number of carbonyl (C=O) groups excluding carboxylic acids is 1. The highest BCUT2D eigenvalue weighted by atomic mass is 32.2. The molecule has 2 aliphatic heterocycles. The molecule has 1 saturated heterocycles. The molecule has 4 heteroatoms. The molecule has 0 radical (unpaired) electrons. The minimum Gasteiger partial charge on any atom is -0.342 e. The monoisotopic (exact) mass is 276 g/mol. The van der Waals surface area contributed by atoms with E-state index in [-0.39, 0.29) is 5.92 Å². The van der Waals surface area contributed by atoms with Crippen LogP contribution >= 0.6 is 11.8 Å². The van der Waals surface area contributed by atoms with Gasteiger partial charge in [-0.2, -0.15) is 0 Å². The number of rotatable bonds is 2. The molecule has 0 bridgehead atoms. The molecule has 1 aromatic rings.